The van der Waals surface area contributed by atoms with Crippen molar-refractivity contribution in [1.29, 1.82) is 0 Å². The number of carboxylic acids is 1. The van der Waals surface area contributed by atoms with Crippen LogP contribution in [0.4, 0.5) is 13.2 Å². The normalized spacial score (nSPS) is 29.5. The average Bonchev–Trinajstić information content (AvgIpc) is 2.98. The molecule has 7 heteroatoms. The number of carboxylic acid groups (broad SMARTS) is 1. The molecule has 0 aromatic carbocycles. The van der Waals surface area contributed by atoms with Crippen LogP contribution in [0.1, 0.15) is 25.7 Å². The lowest BCUT2D eigenvalue weighted by Gasteiger charge is -2.22. The largest absolute Gasteiger partial charge is 0.480 e. The van der Waals surface area contributed by atoms with Gasteiger partial charge in [0.25, 0.3) is 0 Å². The summed E-state index contributed by atoms with van der Waals surface area (Å²) < 4.78 is 37.2. The molecule has 2 aliphatic rings. The van der Waals surface area contributed by atoms with Gasteiger partial charge in [-0.2, -0.15) is 13.2 Å². The summed E-state index contributed by atoms with van der Waals surface area (Å²) in [6, 6.07) is 0. The molecule has 2 unspecified atom stereocenters. The van der Waals surface area contributed by atoms with Gasteiger partial charge in [0.15, 0.2) is 0 Å². The van der Waals surface area contributed by atoms with Crippen molar-refractivity contribution in [3.8, 4) is 0 Å². The SMILES string of the molecule is O=C(O)CN(CC(F)(F)F)C(=O)C1C2CCCCC21. The second-order valence-electron chi connectivity index (χ2n) is 5.34. The Balaban J connectivity index is 2.01. The number of aliphatic carboxylic acids is 1. The zero-order valence-corrected chi connectivity index (χ0v) is 10.3. The molecule has 19 heavy (non-hydrogen) atoms. The van der Waals surface area contributed by atoms with Crippen molar-refractivity contribution in [3.05, 3.63) is 0 Å². The molecule has 0 radical (unpaired) electrons. The van der Waals surface area contributed by atoms with Gasteiger partial charge in [0.05, 0.1) is 0 Å². The number of alkyl halides is 3. The summed E-state index contributed by atoms with van der Waals surface area (Å²) in [6.45, 7) is -2.36. The molecule has 2 atom stereocenters. The topological polar surface area (TPSA) is 57.6 Å². The second-order valence-corrected chi connectivity index (χ2v) is 5.34. The maximum atomic E-state index is 12.4. The number of carbonyl (C=O) groups is 2. The number of rotatable bonds is 4. The highest BCUT2D eigenvalue weighted by Gasteiger charge is 2.56. The molecule has 2 aliphatic carbocycles. The van der Waals surface area contributed by atoms with Crippen LogP contribution in [0, 0.1) is 17.8 Å². The maximum Gasteiger partial charge on any atom is 0.406 e. The van der Waals surface area contributed by atoms with Crippen molar-refractivity contribution in [2.45, 2.75) is 31.9 Å². The predicted molar refractivity (Wildman–Crippen MR) is 59.2 cm³/mol. The Morgan fingerprint density at radius 2 is 1.68 bits per heavy atom. The van der Waals surface area contributed by atoms with E-state index in [9.17, 15) is 22.8 Å². The zero-order valence-electron chi connectivity index (χ0n) is 10.3. The molecular weight excluding hydrogens is 263 g/mol. The predicted octanol–water partition coefficient (Wildman–Crippen LogP) is 1.90. The highest BCUT2D eigenvalue weighted by atomic mass is 19.4. The third kappa shape index (κ3) is 3.39. The Bertz CT molecular complexity index is 371. The number of carbonyl (C=O) groups excluding carboxylic acids is 1. The van der Waals surface area contributed by atoms with E-state index in [-0.39, 0.29) is 17.8 Å². The van der Waals surface area contributed by atoms with Gasteiger partial charge < -0.3 is 10.0 Å². The lowest BCUT2D eigenvalue weighted by atomic mass is 10.0. The first-order valence-electron chi connectivity index (χ1n) is 6.37. The Morgan fingerprint density at radius 3 is 2.11 bits per heavy atom. The fourth-order valence-corrected chi connectivity index (χ4v) is 3.16. The van der Waals surface area contributed by atoms with Crippen LogP contribution in [0.5, 0.6) is 0 Å². The third-order valence-corrected chi connectivity index (χ3v) is 3.95. The van der Waals surface area contributed by atoms with Crippen molar-refractivity contribution >= 4 is 11.9 Å². The fraction of sp³-hybridized carbons (Fsp3) is 0.833. The number of halogens is 3. The monoisotopic (exact) mass is 279 g/mol. The summed E-state index contributed by atoms with van der Waals surface area (Å²) in [4.78, 5) is 23.1. The summed E-state index contributed by atoms with van der Waals surface area (Å²) in [6.07, 6.45) is -0.820. The number of hydrogen-bond acceptors (Lipinski definition) is 2. The molecule has 0 aliphatic heterocycles. The van der Waals surface area contributed by atoms with E-state index in [0.717, 1.165) is 25.7 Å². The van der Waals surface area contributed by atoms with E-state index in [1.807, 2.05) is 0 Å². The van der Waals surface area contributed by atoms with Crippen molar-refractivity contribution in [2.75, 3.05) is 13.1 Å². The van der Waals surface area contributed by atoms with E-state index in [1.54, 1.807) is 0 Å². The molecule has 0 heterocycles. The minimum Gasteiger partial charge on any atom is -0.480 e. The van der Waals surface area contributed by atoms with E-state index in [2.05, 4.69) is 0 Å². The number of hydrogen-bond donors (Lipinski definition) is 1. The molecule has 4 nitrogen and oxygen atoms in total. The van der Waals surface area contributed by atoms with E-state index in [1.165, 1.54) is 0 Å². The Labute approximate surface area is 108 Å². The Kier molecular flexibility index (Phi) is 3.73. The van der Waals surface area contributed by atoms with Crippen molar-refractivity contribution in [1.82, 2.24) is 4.90 Å². The standard InChI is InChI=1S/C12H16F3NO3/c13-12(14,15)6-16(5-9(17)18)11(19)10-7-3-1-2-4-8(7)10/h7-8,10H,1-6H2,(H,17,18). The molecule has 108 valence electrons. The third-order valence-electron chi connectivity index (χ3n) is 3.95. The Hall–Kier alpha value is -1.27. The van der Waals surface area contributed by atoms with Crippen LogP contribution < -0.4 is 0 Å². The summed E-state index contributed by atoms with van der Waals surface area (Å²) in [7, 11) is 0. The van der Waals surface area contributed by atoms with E-state index in [0.29, 0.717) is 4.90 Å². The molecule has 0 aromatic heterocycles. The molecule has 2 rings (SSSR count). The number of nitrogens with zero attached hydrogens (tertiary/aromatic N) is 1. The van der Waals surface area contributed by atoms with E-state index < -0.39 is 31.1 Å². The molecule has 1 amide bonds. The van der Waals surface area contributed by atoms with Gasteiger partial charge in [0.2, 0.25) is 5.91 Å². The summed E-state index contributed by atoms with van der Waals surface area (Å²) >= 11 is 0. The lowest BCUT2D eigenvalue weighted by Crippen LogP contribution is -2.43. The van der Waals surface area contributed by atoms with Crippen LogP contribution in [0.3, 0.4) is 0 Å². The first kappa shape index (κ1) is 14.1. The minimum atomic E-state index is -4.56. The van der Waals surface area contributed by atoms with Crippen LogP contribution in [0.2, 0.25) is 0 Å². The molecule has 1 N–H and O–H groups in total. The van der Waals surface area contributed by atoms with Gasteiger partial charge in [-0.3, -0.25) is 9.59 Å². The van der Waals surface area contributed by atoms with Gasteiger partial charge in [-0.05, 0) is 24.7 Å². The fourth-order valence-electron chi connectivity index (χ4n) is 3.16. The Morgan fingerprint density at radius 1 is 1.16 bits per heavy atom. The van der Waals surface area contributed by atoms with Crippen LogP contribution >= 0.6 is 0 Å². The quantitative estimate of drug-likeness (QED) is 0.855. The zero-order chi connectivity index (χ0) is 14.2. The van der Waals surface area contributed by atoms with Crippen LogP contribution in [0.15, 0.2) is 0 Å². The highest BCUT2D eigenvalue weighted by molar-refractivity contribution is 5.85. The minimum absolute atomic E-state index is 0.172. The van der Waals surface area contributed by atoms with Crippen molar-refractivity contribution < 1.29 is 27.9 Å². The van der Waals surface area contributed by atoms with E-state index >= 15 is 0 Å². The van der Waals surface area contributed by atoms with Crippen molar-refractivity contribution in [2.24, 2.45) is 17.8 Å². The van der Waals surface area contributed by atoms with Gasteiger partial charge >= 0.3 is 12.1 Å². The van der Waals surface area contributed by atoms with Crippen LogP contribution in [-0.4, -0.2) is 41.1 Å². The molecule has 0 bridgehead atoms. The summed E-state index contributed by atoms with van der Waals surface area (Å²) in [5.74, 6) is -2.10. The van der Waals surface area contributed by atoms with Gasteiger partial charge in [-0.15, -0.1) is 0 Å². The molecule has 0 saturated heterocycles. The molecule has 2 saturated carbocycles. The van der Waals surface area contributed by atoms with Gasteiger partial charge in [0, 0.05) is 5.92 Å². The van der Waals surface area contributed by atoms with Crippen molar-refractivity contribution in [3.63, 3.8) is 0 Å². The molecular formula is C12H16F3NO3. The number of fused-ring (bicyclic) bond motifs is 1. The smallest absolute Gasteiger partial charge is 0.406 e. The number of amides is 1. The van der Waals surface area contributed by atoms with E-state index in [4.69, 9.17) is 5.11 Å². The van der Waals surface area contributed by atoms with Gasteiger partial charge in [0.1, 0.15) is 13.1 Å². The lowest BCUT2D eigenvalue weighted by molar-refractivity contribution is -0.166. The second kappa shape index (κ2) is 5.02. The average molecular weight is 279 g/mol. The highest BCUT2D eigenvalue weighted by Crippen LogP contribution is 2.56. The van der Waals surface area contributed by atoms with Crippen LogP contribution in [0.25, 0.3) is 0 Å². The maximum absolute atomic E-state index is 12.4. The summed E-state index contributed by atoms with van der Waals surface area (Å²) in [5.41, 5.74) is 0. The molecule has 0 aromatic rings. The van der Waals surface area contributed by atoms with Crippen LogP contribution in [-0.2, 0) is 9.59 Å². The first-order chi connectivity index (χ1) is 8.79. The van der Waals surface area contributed by atoms with Gasteiger partial charge in [-0.25, -0.2) is 0 Å². The molecule has 0 spiro atoms. The summed E-state index contributed by atoms with van der Waals surface area (Å²) in [5, 5.41) is 8.63. The molecule has 2 fully saturated rings. The first-order valence-corrected chi connectivity index (χ1v) is 6.37. The van der Waals surface area contributed by atoms with Gasteiger partial charge in [-0.1, -0.05) is 12.8 Å².